The van der Waals surface area contributed by atoms with Crippen molar-refractivity contribution in [3.63, 3.8) is 0 Å². The summed E-state index contributed by atoms with van der Waals surface area (Å²) in [4.78, 5) is 15.2. The number of hydrogen-bond donors (Lipinski definition) is 1. The number of carbonyl (C=O) groups is 1. The molecule has 19 heavy (non-hydrogen) atoms. The van der Waals surface area contributed by atoms with Gasteiger partial charge in [0.15, 0.2) is 0 Å². The summed E-state index contributed by atoms with van der Waals surface area (Å²) in [6, 6.07) is 0. The van der Waals surface area contributed by atoms with Crippen molar-refractivity contribution in [1.82, 2.24) is 4.98 Å². The molecule has 1 N–H and O–H groups in total. The summed E-state index contributed by atoms with van der Waals surface area (Å²) < 4.78 is 0. The number of aromatic nitrogens is 1. The van der Waals surface area contributed by atoms with Crippen molar-refractivity contribution in [3.8, 4) is 0 Å². The second kappa shape index (κ2) is 6.51. The van der Waals surface area contributed by atoms with Crippen LogP contribution in [0.2, 0.25) is 0 Å². The van der Waals surface area contributed by atoms with E-state index in [-0.39, 0.29) is 6.42 Å². The highest BCUT2D eigenvalue weighted by Crippen LogP contribution is 2.39. The Bertz CT molecular complexity index is 420. The highest BCUT2D eigenvalue weighted by Gasteiger charge is 2.25. The Morgan fingerprint density at radius 1 is 1.42 bits per heavy atom. The topological polar surface area (TPSA) is 50.2 Å². The van der Waals surface area contributed by atoms with Crippen LogP contribution in [-0.4, -0.2) is 16.1 Å². The lowest BCUT2D eigenvalue weighted by Gasteiger charge is -2.29. The zero-order valence-corrected chi connectivity index (χ0v) is 12.6. The maximum absolute atomic E-state index is 10.6. The first-order valence-electron chi connectivity index (χ1n) is 7.22. The smallest absolute Gasteiger partial charge is 0.303 e. The lowest BCUT2D eigenvalue weighted by molar-refractivity contribution is -0.136. The Hall–Kier alpha value is -0.900. The summed E-state index contributed by atoms with van der Waals surface area (Å²) in [5.74, 6) is 1.54. The zero-order chi connectivity index (χ0) is 13.8. The fourth-order valence-corrected chi connectivity index (χ4v) is 3.92. The van der Waals surface area contributed by atoms with E-state index in [1.54, 1.807) is 11.3 Å². The summed E-state index contributed by atoms with van der Waals surface area (Å²) in [6.07, 6.45) is 5.86. The van der Waals surface area contributed by atoms with E-state index in [0.717, 1.165) is 17.5 Å². The highest BCUT2D eigenvalue weighted by molar-refractivity contribution is 7.09. The molecule has 0 aromatic carbocycles. The van der Waals surface area contributed by atoms with Gasteiger partial charge in [-0.3, -0.25) is 4.79 Å². The minimum atomic E-state index is -0.744. The quantitative estimate of drug-likeness (QED) is 0.884. The number of aryl methyl sites for hydroxylation is 1. The molecule has 1 aromatic rings. The van der Waals surface area contributed by atoms with Gasteiger partial charge in [-0.1, -0.05) is 13.8 Å². The van der Waals surface area contributed by atoms with Gasteiger partial charge in [-0.25, -0.2) is 4.98 Å². The van der Waals surface area contributed by atoms with Gasteiger partial charge in [-0.15, -0.1) is 11.3 Å². The first-order valence-corrected chi connectivity index (χ1v) is 8.10. The maximum atomic E-state index is 10.6. The molecule has 0 saturated heterocycles. The molecule has 1 aliphatic rings. The van der Waals surface area contributed by atoms with Gasteiger partial charge in [0.05, 0.1) is 17.1 Å². The van der Waals surface area contributed by atoms with Gasteiger partial charge in [0.2, 0.25) is 0 Å². The fraction of sp³-hybridized carbons (Fsp3) is 0.733. The van der Waals surface area contributed by atoms with Crippen molar-refractivity contribution in [2.75, 3.05) is 0 Å². The van der Waals surface area contributed by atoms with Gasteiger partial charge in [-0.2, -0.15) is 0 Å². The Morgan fingerprint density at radius 2 is 2.11 bits per heavy atom. The van der Waals surface area contributed by atoms with E-state index in [1.165, 1.54) is 30.7 Å². The molecule has 0 radical (unpaired) electrons. The molecule has 1 saturated carbocycles. The molecule has 0 atom stereocenters. The third kappa shape index (κ3) is 4.03. The van der Waals surface area contributed by atoms with E-state index in [9.17, 15) is 4.79 Å². The molecular formula is C15H23NO2S. The first kappa shape index (κ1) is 14.5. The van der Waals surface area contributed by atoms with E-state index in [4.69, 9.17) is 5.11 Å². The van der Waals surface area contributed by atoms with Crippen LogP contribution in [0, 0.1) is 11.8 Å². The lowest BCUT2D eigenvalue weighted by Crippen LogP contribution is -2.17. The molecule has 1 fully saturated rings. The van der Waals surface area contributed by atoms with E-state index >= 15 is 0 Å². The van der Waals surface area contributed by atoms with Crippen molar-refractivity contribution < 1.29 is 9.90 Å². The van der Waals surface area contributed by atoms with Crippen molar-refractivity contribution in [3.05, 3.63) is 16.1 Å². The van der Waals surface area contributed by atoms with Crippen LogP contribution in [0.5, 0.6) is 0 Å². The van der Waals surface area contributed by atoms with Crippen molar-refractivity contribution in [1.29, 1.82) is 0 Å². The molecule has 2 rings (SSSR count). The Balaban J connectivity index is 1.88. The maximum Gasteiger partial charge on any atom is 0.303 e. The molecule has 0 bridgehead atoms. The third-order valence-corrected chi connectivity index (χ3v) is 5.28. The van der Waals surface area contributed by atoms with Crippen LogP contribution in [-0.2, 0) is 11.2 Å². The van der Waals surface area contributed by atoms with Crippen LogP contribution >= 0.6 is 11.3 Å². The minimum Gasteiger partial charge on any atom is -0.481 e. The van der Waals surface area contributed by atoms with Crippen molar-refractivity contribution >= 4 is 17.3 Å². The summed E-state index contributed by atoms with van der Waals surface area (Å²) >= 11 is 1.71. The van der Waals surface area contributed by atoms with Gasteiger partial charge >= 0.3 is 5.97 Å². The molecule has 3 nitrogen and oxygen atoms in total. The Labute approximate surface area is 119 Å². The fourth-order valence-electron chi connectivity index (χ4n) is 2.89. The van der Waals surface area contributed by atoms with Crippen LogP contribution in [0.4, 0.5) is 0 Å². The number of hydrogen-bond acceptors (Lipinski definition) is 3. The van der Waals surface area contributed by atoms with E-state index in [1.807, 2.05) is 5.38 Å². The van der Waals surface area contributed by atoms with Gasteiger partial charge in [0.1, 0.15) is 0 Å². The molecule has 1 aliphatic carbocycles. The highest BCUT2D eigenvalue weighted by atomic mass is 32.1. The second-order valence-corrected chi connectivity index (χ2v) is 6.82. The molecule has 0 spiro atoms. The first-order chi connectivity index (χ1) is 9.06. The molecule has 0 amide bonds. The number of carboxylic acid groups (broad SMARTS) is 1. The molecule has 4 heteroatoms. The van der Waals surface area contributed by atoms with Gasteiger partial charge in [0.25, 0.3) is 0 Å². The molecule has 0 unspecified atom stereocenters. The second-order valence-electron chi connectivity index (χ2n) is 5.93. The molecule has 1 aromatic heterocycles. The number of rotatable bonds is 5. The number of nitrogens with zero attached hydrogens (tertiary/aromatic N) is 1. The normalized spacial score (nSPS) is 23.7. The molecule has 1 heterocycles. The molecular weight excluding hydrogens is 258 g/mol. The standard InChI is InChI=1S/C15H23NO2S/c1-10(2)11-3-5-12(6-4-11)15-16-13(9-19-15)7-8-14(17)18/h9-12H,3-8H2,1-2H3,(H,17,18). The predicted molar refractivity (Wildman–Crippen MR) is 77.6 cm³/mol. The van der Waals surface area contributed by atoms with Crippen molar-refractivity contribution in [2.45, 2.75) is 58.3 Å². The van der Waals surface area contributed by atoms with Crippen LogP contribution < -0.4 is 0 Å². The van der Waals surface area contributed by atoms with Crippen LogP contribution in [0.25, 0.3) is 0 Å². The molecule has 106 valence electrons. The monoisotopic (exact) mass is 281 g/mol. The van der Waals surface area contributed by atoms with E-state index in [2.05, 4.69) is 18.8 Å². The van der Waals surface area contributed by atoms with Crippen LogP contribution in [0.15, 0.2) is 5.38 Å². The zero-order valence-electron chi connectivity index (χ0n) is 11.8. The Morgan fingerprint density at radius 3 is 2.68 bits per heavy atom. The molecule has 0 aliphatic heterocycles. The average molecular weight is 281 g/mol. The van der Waals surface area contributed by atoms with Crippen LogP contribution in [0.3, 0.4) is 0 Å². The Kier molecular flexibility index (Phi) is 4.97. The SMILES string of the molecule is CC(C)C1CCC(c2nc(CCC(=O)O)cs2)CC1. The van der Waals surface area contributed by atoms with Gasteiger partial charge in [0, 0.05) is 17.7 Å². The van der Waals surface area contributed by atoms with E-state index < -0.39 is 5.97 Å². The number of aliphatic carboxylic acids is 1. The van der Waals surface area contributed by atoms with E-state index in [0.29, 0.717) is 12.3 Å². The number of carboxylic acids is 1. The number of thiazole rings is 1. The predicted octanol–water partition coefficient (Wildman–Crippen LogP) is 4.09. The van der Waals surface area contributed by atoms with Gasteiger partial charge < -0.3 is 5.11 Å². The summed E-state index contributed by atoms with van der Waals surface area (Å²) in [5, 5.41) is 11.9. The average Bonchev–Trinajstić information content (AvgIpc) is 2.85. The van der Waals surface area contributed by atoms with Crippen molar-refractivity contribution in [2.24, 2.45) is 11.8 Å². The summed E-state index contributed by atoms with van der Waals surface area (Å²) in [7, 11) is 0. The minimum absolute atomic E-state index is 0.184. The summed E-state index contributed by atoms with van der Waals surface area (Å²) in [5.41, 5.74) is 0.952. The van der Waals surface area contributed by atoms with Crippen LogP contribution in [0.1, 0.15) is 62.6 Å². The van der Waals surface area contributed by atoms with Gasteiger partial charge in [-0.05, 0) is 37.5 Å². The lowest BCUT2D eigenvalue weighted by atomic mass is 9.77. The third-order valence-electron chi connectivity index (χ3n) is 4.23. The summed E-state index contributed by atoms with van der Waals surface area (Å²) in [6.45, 7) is 4.64. The largest absolute Gasteiger partial charge is 0.481 e.